The summed E-state index contributed by atoms with van der Waals surface area (Å²) in [6.45, 7) is -0.486. The summed E-state index contributed by atoms with van der Waals surface area (Å²) in [6.07, 6.45) is 0.832. The Balaban J connectivity index is 1.98. The maximum Gasteiger partial charge on any atom is 0.387 e. The van der Waals surface area contributed by atoms with E-state index in [1.807, 2.05) is 6.92 Å². The summed E-state index contributed by atoms with van der Waals surface area (Å²) in [4.78, 5) is 11.9. The summed E-state index contributed by atoms with van der Waals surface area (Å²) in [5.41, 5.74) is 0.104. The van der Waals surface area contributed by atoms with Gasteiger partial charge in [0.05, 0.1) is 5.56 Å². The van der Waals surface area contributed by atoms with Gasteiger partial charge in [0.1, 0.15) is 5.75 Å². The number of hydrogen-bond acceptors (Lipinski definition) is 6. The minimum Gasteiger partial charge on any atom is -0.454 e. The van der Waals surface area contributed by atoms with Crippen molar-refractivity contribution in [1.29, 1.82) is 0 Å². The van der Waals surface area contributed by atoms with Gasteiger partial charge in [-0.2, -0.15) is 8.78 Å². The fourth-order valence-corrected chi connectivity index (χ4v) is 1.72. The summed E-state index contributed by atoms with van der Waals surface area (Å²) < 4.78 is 35.1. The number of aromatic nitrogens is 4. The molecule has 0 aliphatic heterocycles. The van der Waals surface area contributed by atoms with Gasteiger partial charge < -0.3 is 9.47 Å². The number of hydrogen-bond donors (Lipinski definition) is 0. The van der Waals surface area contributed by atoms with Gasteiger partial charge in [-0.1, -0.05) is 13.0 Å². The van der Waals surface area contributed by atoms with E-state index in [9.17, 15) is 13.6 Å². The summed E-state index contributed by atoms with van der Waals surface area (Å²) in [5, 5.41) is 11.0. The van der Waals surface area contributed by atoms with Crippen molar-refractivity contribution in [3.05, 3.63) is 35.7 Å². The predicted octanol–water partition coefficient (Wildman–Crippen LogP) is 2.04. The van der Waals surface area contributed by atoms with E-state index in [2.05, 4.69) is 20.3 Å². The number of aryl methyl sites for hydroxylation is 1. The van der Waals surface area contributed by atoms with Crippen LogP contribution in [0.3, 0.4) is 0 Å². The Hall–Kier alpha value is -2.58. The van der Waals surface area contributed by atoms with Crippen LogP contribution in [0.2, 0.25) is 0 Å². The Morgan fingerprint density at radius 2 is 2.23 bits per heavy atom. The van der Waals surface area contributed by atoms with Gasteiger partial charge in [0.25, 0.3) is 0 Å². The van der Waals surface area contributed by atoms with Gasteiger partial charge in [0.15, 0.2) is 12.4 Å². The Morgan fingerprint density at radius 3 is 2.95 bits per heavy atom. The molecule has 2 rings (SSSR count). The summed E-state index contributed by atoms with van der Waals surface area (Å²) in [5.74, 6) is -0.374. The standard InChI is InChI=1S/C13H14F2N4O3/c1-2-6-19-11(16-17-18-19)8-21-12(20)9-4-3-5-10(7-9)22-13(14)15/h3-5,7,13H,2,6,8H2,1H3. The smallest absolute Gasteiger partial charge is 0.387 e. The molecule has 1 aromatic heterocycles. The van der Waals surface area contributed by atoms with E-state index < -0.39 is 12.6 Å². The number of ether oxygens (including phenoxy) is 2. The lowest BCUT2D eigenvalue weighted by molar-refractivity contribution is -0.0499. The highest BCUT2D eigenvalue weighted by molar-refractivity contribution is 5.89. The summed E-state index contributed by atoms with van der Waals surface area (Å²) >= 11 is 0. The quantitative estimate of drug-likeness (QED) is 0.728. The molecule has 0 saturated carbocycles. The van der Waals surface area contributed by atoms with Crippen LogP contribution in [0.5, 0.6) is 5.75 Å². The van der Waals surface area contributed by atoms with Crippen LogP contribution in [0.25, 0.3) is 0 Å². The van der Waals surface area contributed by atoms with E-state index in [1.54, 1.807) is 0 Å². The fourth-order valence-electron chi connectivity index (χ4n) is 1.72. The second kappa shape index (κ2) is 7.43. The molecule has 0 unspecified atom stereocenters. The molecule has 1 heterocycles. The van der Waals surface area contributed by atoms with Gasteiger partial charge in [-0.05, 0) is 35.0 Å². The molecule has 0 atom stereocenters. The third-order valence-electron chi connectivity index (χ3n) is 2.67. The molecule has 22 heavy (non-hydrogen) atoms. The molecule has 9 heteroatoms. The Kier molecular flexibility index (Phi) is 5.34. The SMILES string of the molecule is CCCn1nnnc1COC(=O)c1cccc(OC(F)F)c1. The third kappa shape index (κ3) is 4.21. The zero-order valence-corrected chi connectivity index (χ0v) is 11.8. The van der Waals surface area contributed by atoms with Crippen LogP contribution >= 0.6 is 0 Å². The van der Waals surface area contributed by atoms with Gasteiger partial charge in [0.2, 0.25) is 0 Å². The number of nitrogens with zero attached hydrogens (tertiary/aromatic N) is 4. The van der Waals surface area contributed by atoms with Crippen molar-refractivity contribution in [2.75, 3.05) is 0 Å². The Labute approximate surface area is 124 Å². The van der Waals surface area contributed by atoms with Crippen LogP contribution in [0, 0.1) is 0 Å². The average molecular weight is 312 g/mol. The highest BCUT2D eigenvalue weighted by Crippen LogP contribution is 2.16. The average Bonchev–Trinajstić information content (AvgIpc) is 2.92. The maximum absolute atomic E-state index is 12.1. The number of esters is 1. The van der Waals surface area contributed by atoms with Gasteiger partial charge >= 0.3 is 12.6 Å². The lowest BCUT2D eigenvalue weighted by atomic mass is 10.2. The molecule has 0 N–H and O–H groups in total. The zero-order valence-electron chi connectivity index (χ0n) is 11.8. The van der Waals surface area contributed by atoms with Crippen molar-refractivity contribution in [2.45, 2.75) is 33.1 Å². The third-order valence-corrected chi connectivity index (χ3v) is 2.67. The number of tetrazole rings is 1. The number of halogens is 2. The lowest BCUT2D eigenvalue weighted by Gasteiger charge is -2.07. The van der Waals surface area contributed by atoms with Gasteiger partial charge in [-0.25, -0.2) is 9.48 Å². The first-order valence-corrected chi connectivity index (χ1v) is 6.57. The van der Waals surface area contributed by atoms with Crippen LogP contribution in [0.4, 0.5) is 8.78 Å². The molecular formula is C13H14F2N4O3. The van der Waals surface area contributed by atoms with E-state index in [0.717, 1.165) is 6.42 Å². The van der Waals surface area contributed by atoms with Crippen LogP contribution in [0.1, 0.15) is 29.5 Å². The van der Waals surface area contributed by atoms with Crippen molar-refractivity contribution in [3.8, 4) is 5.75 Å². The van der Waals surface area contributed by atoms with E-state index >= 15 is 0 Å². The molecule has 0 spiro atoms. The largest absolute Gasteiger partial charge is 0.454 e. The van der Waals surface area contributed by atoms with Gasteiger partial charge in [-0.15, -0.1) is 5.10 Å². The molecule has 0 aliphatic carbocycles. The number of carbonyl (C=O) groups excluding carboxylic acids is 1. The second-order valence-corrected chi connectivity index (χ2v) is 4.30. The zero-order chi connectivity index (χ0) is 15.9. The molecular weight excluding hydrogens is 298 g/mol. The lowest BCUT2D eigenvalue weighted by Crippen LogP contribution is -2.11. The van der Waals surface area contributed by atoms with Crippen molar-refractivity contribution >= 4 is 5.97 Å². The van der Waals surface area contributed by atoms with Gasteiger partial charge in [0, 0.05) is 6.54 Å². The van der Waals surface area contributed by atoms with Crippen molar-refractivity contribution < 1.29 is 23.0 Å². The van der Waals surface area contributed by atoms with E-state index in [1.165, 1.54) is 28.9 Å². The van der Waals surface area contributed by atoms with Gasteiger partial charge in [-0.3, -0.25) is 0 Å². The monoisotopic (exact) mass is 312 g/mol. The highest BCUT2D eigenvalue weighted by Gasteiger charge is 2.13. The number of alkyl halides is 2. The van der Waals surface area contributed by atoms with Crippen molar-refractivity contribution in [1.82, 2.24) is 20.2 Å². The molecule has 118 valence electrons. The fraction of sp³-hybridized carbons (Fsp3) is 0.385. The number of carbonyl (C=O) groups is 1. The van der Waals surface area contributed by atoms with Crippen molar-refractivity contribution in [3.63, 3.8) is 0 Å². The molecule has 0 saturated heterocycles. The summed E-state index contributed by atoms with van der Waals surface area (Å²) in [7, 11) is 0. The Bertz CT molecular complexity index is 633. The Morgan fingerprint density at radius 1 is 1.41 bits per heavy atom. The predicted molar refractivity (Wildman–Crippen MR) is 70.3 cm³/mol. The van der Waals surface area contributed by atoms with E-state index in [0.29, 0.717) is 12.4 Å². The van der Waals surface area contributed by atoms with Crippen LogP contribution in [-0.2, 0) is 17.9 Å². The molecule has 0 aliphatic rings. The number of rotatable bonds is 7. The van der Waals surface area contributed by atoms with Crippen LogP contribution in [0.15, 0.2) is 24.3 Å². The molecule has 2 aromatic rings. The molecule has 0 bridgehead atoms. The maximum atomic E-state index is 12.1. The van der Waals surface area contributed by atoms with E-state index in [4.69, 9.17) is 4.74 Å². The molecule has 0 amide bonds. The normalized spacial score (nSPS) is 10.7. The highest BCUT2D eigenvalue weighted by atomic mass is 19.3. The van der Waals surface area contributed by atoms with Crippen molar-refractivity contribution in [2.24, 2.45) is 0 Å². The minimum absolute atomic E-state index is 0.104. The first-order valence-electron chi connectivity index (χ1n) is 6.57. The van der Waals surface area contributed by atoms with E-state index in [-0.39, 0.29) is 17.9 Å². The molecule has 7 nitrogen and oxygen atoms in total. The minimum atomic E-state index is -2.95. The second-order valence-electron chi connectivity index (χ2n) is 4.30. The topological polar surface area (TPSA) is 79.1 Å². The first-order chi connectivity index (χ1) is 10.6. The van der Waals surface area contributed by atoms with Crippen LogP contribution < -0.4 is 4.74 Å². The number of benzene rings is 1. The summed E-state index contributed by atoms with van der Waals surface area (Å²) in [6, 6.07) is 5.37. The molecule has 1 aromatic carbocycles. The molecule has 0 radical (unpaired) electrons. The first kappa shape index (κ1) is 15.8. The molecule has 0 fully saturated rings. The van der Waals surface area contributed by atoms with Crippen LogP contribution in [-0.4, -0.2) is 32.8 Å².